The van der Waals surface area contributed by atoms with E-state index in [1.54, 1.807) is 7.11 Å². The minimum Gasteiger partial charge on any atom is -0.497 e. The smallest absolute Gasteiger partial charge is 0.170 e. The Morgan fingerprint density at radius 2 is 1.93 bits per heavy atom. The minimum atomic E-state index is 0.00662. The van der Waals surface area contributed by atoms with E-state index >= 15 is 0 Å². The number of thiocarbonyl (C=S) groups is 1. The summed E-state index contributed by atoms with van der Waals surface area (Å²) in [7, 11) is 1.68. The molecule has 144 valence electrons. The number of hydrogen-bond donors (Lipinski definition) is 1. The van der Waals surface area contributed by atoms with Gasteiger partial charge in [0, 0.05) is 30.3 Å². The third-order valence-electron chi connectivity index (χ3n) is 5.10. The van der Waals surface area contributed by atoms with Crippen LogP contribution in [-0.4, -0.2) is 33.2 Å². The molecule has 3 aromatic rings. The summed E-state index contributed by atoms with van der Waals surface area (Å²) in [5, 5.41) is 4.28. The monoisotopic (exact) mass is 392 g/mol. The van der Waals surface area contributed by atoms with Crippen LogP contribution < -0.4 is 10.1 Å². The minimum absolute atomic E-state index is 0.00662. The van der Waals surface area contributed by atoms with Gasteiger partial charge < -0.3 is 19.5 Å². The van der Waals surface area contributed by atoms with E-state index in [1.165, 1.54) is 5.69 Å². The maximum Gasteiger partial charge on any atom is 0.170 e. The van der Waals surface area contributed by atoms with Gasteiger partial charge in [0.25, 0.3) is 0 Å². The predicted octanol–water partition coefficient (Wildman–Crippen LogP) is 4.26. The number of rotatable bonds is 6. The summed E-state index contributed by atoms with van der Waals surface area (Å²) in [4.78, 5) is 6.88. The Kier molecular flexibility index (Phi) is 5.30. The van der Waals surface area contributed by atoms with Crippen molar-refractivity contribution in [2.45, 2.75) is 25.4 Å². The first-order chi connectivity index (χ1) is 13.7. The van der Waals surface area contributed by atoms with E-state index in [4.69, 9.17) is 17.0 Å². The molecule has 0 aliphatic carbocycles. The lowest BCUT2D eigenvalue weighted by Crippen LogP contribution is -2.31. The molecule has 0 spiro atoms. The van der Waals surface area contributed by atoms with Crippen LogP contribution in [0, 0.1) is 0 Å². The van der Waals surface area contributed by atoms with E-state index in [9.17, 15) is 0 Å². The second kappa shape index (κ2) is 8.02. The van der Waals surface area contributed by atoms with Crippen molar-refractivity contribution in [1.29, 1.82) is 0 Å². The SMILES string of the molecule is CCCN1C(=S)N[C@H](c2ccccn2)[C@@H]1c1cccn1-c1ccc(OC)cc1. The van der Waals surface area contributed by atoms with E-state index < -0.39 is 0 Å². The molecule has 2 atom stereocenters. The Morgan fingerprint density at radius 1 is 1.11 bits per heavy atom. The van der Waals surface area contributed by atoms with E-state index in [0.29, 0.717) is 0 Å². The average Bonchev–Trinajstić information content (AvgIpc) is 3.34. The van der Waals surface area contributed by atoms with Crippen LogP contribution in [0.3, 0.4) is 0 Å². The molecule has 1 aromatic carbocycles. The topological polar surface area (TPSA) is 42.3 Å². The molecule has 1 aliphatic heterocycles. The van der Waals surface area contributed by atoms with E-state index in [1.807, 2.05) is 30.5 Å². The van der Waals surface area contributed by atoms with Crippen LogP contribution in [0.1, 0.15) is 36.8 Å². The van der Waals surface area contributed by atoms with Gasteiger partial charge in [0.2, 0.25) is 0 Å². The normalized spacial score (nSPS) is 18.9. The molecule has 28 heavy (non-hydrogen) atoms. The highest BCUT2D eigenvalue weighted by Gasteiger charge is 2.40. The lowest BCUT2D eigenvalue weighted by molar-refractivity contribution is 0.309. The first kappa shape index (κ1) is 18.5. The van der Waals surface area contributed by atoms with Crippen LogP contribution in [0.25, 0.3) is 5.69 Å². The summed E-state index contributed by atoms with van der Waals surface area (Å²) in [6.07, 6.45) is 4.96. The summed E-state index contributed by atoms with van der Waals surface area (Å²) < 4.78 is 7.52. The Bertz CT molecular complexity index is 939. The van der Waals surface area contributed by atoms with Crippen molar-refractivity contribution in [3.63, 3.8) is 0 Å². The fraction of sp³-hybridized carbons (Fsp3) is 0.273. The highest BCUT2D eigenvalue weighted by Crippen LogP contribution is 2.39. The Morgan fingerprint density at radius 3 is 2.61 bits per heavy atom. The second-order valence-corrected chi connectivity index (χ2v) is 7.21. The molecule has 0 amide bonds. The molecule has 1 saturated heterocycles. The quantitative estimate of drug-likeness (QED) is 0.635. The van der Waals surface area contributed by atoms with Gasteiger partial charge in [0.05, 0.1) is 24.9 Å². The zero-order valence-electron chi connectivity index (χ0n) is 16.1. The number of hydrogen-bond acceptors (Lipinski definition) is 3. The maximum atomic E-state index is 5.69. The van der Waals surface area contributed by atoms with Gasteiger partial charge in [-0.05, 0) is 67.2 Å². The van der Waals surface area contributed by atoms with Gasteiger partial charge in [-0.1, -0.05) is 13.0 Å². The zero-order valence-corrected chi connectivity index (χ0v) is 16.9. The van der Waals surface area contributed by atoms with Crippen LogP contribution in [0.2, 0.25) is 0 Å². The van der Waals surface area contributed by atoms with Crippen LogP contribution >= 0.6 is 12.2 Å². The lowest BCUT2D eigenvalue weighted by atomic mass is 10.0. The van der Waals surface area contributed by atoms with E-state index in [0.717, 1.165) is 35.2 Å². The highest BCUT2D eigenvalue weighted by molar-refractivity contribution is 7.80. The number of pyridine rings is 1. The first-order valence-corrected chi connectivity index (χ1v) is 9.93. The third-order valence-corrected chi connectivity index (χ3v) is 5.45. The van der Waals surface area contributed by atoms with Crippen molar-refractivity contribution in [1.82, 2.24) is 19.8 Å². The van der Waals surface area contributed by atoms with Crippen molar-refractivity contribution in [3.8, 4) is 11.4 Å². The van der Waals surface area contributed by atoms with Gasteiger partial charge >= 0.3 is 0 Å². The Balaban J connectivity index is 1.77. The lowest BCUT2D eigenvalue weighted by Gasteiger charge is -2.28. The predicted molar refractivity (Wildman–Crippen MR) is 115 cm³/mol. The molecule has 1 N–H and O–H groups in total. The molecule has 0 saturated carbocycles. The summed E-state index contributed by atoms with van der Waals surface area (Å²) in [5.41, 5.74) is 3.27. The van der Waals surface area contributed by atoms with Crippen LogP contribution in [0.5, 0.6) is 5.75 Å². The van der Waals surface area contributed by atoms with Crippen LogP contribution in [0.4, 0.5) is 0 Å². The van der Waals surface area contributed by atoms with Gasteiger partial charge in [0.15, 0.2) is 5.11 Å². The Hall–Kier alpha value is -2.86. The van der Waals surface area contributed by atoms with Crippen LogP contribution in [0.15, 0.2) is 67.0 Å². The van der Waals surface area contributed by atoms with Gasteiger partial charge in [0.1, 0.15) is 5.75 Å². The first-order valence-electron chi connectivity index (χ1n) is 9.52. The number of benzene rings is 1. The van der Waals surface area contributed by atoms with Gasteiger partial charge in [-0.3, -0.25) is 4.98 Å². The molecule has 4 rings (SSSR count). The molecular weight excluding hydrogens is 368 g/mol. The second-order valence-electron chi connectivity index (χ2n) is 6.82. The fourth-order valence-corrected chi connectivity index (χ4v) is 4.15. The summed E-state index contributed by atoms with van der Waals surface area (Å²) in [6.45, 7) is 3.07. The third kappa shape index (κ3) is 3.36. The van der Waals surface area contributed by atoms with Crippen molar-refractivity contribution >= 4 is 17.3 Å². The Labute approximate surface area is 171 Å². The van der Waals surface area contributed by atoms with Crippen LogP contribution in [-0.2, 0) is 0 Å². The summed E-state index contributed by atoms with van der Waals surface area (Å²) in [5.74, 6) is 0.847. The molecule has 1 fully saturated rings. The van der Waals surface area contributed by atoms with Crippen molar-refractivity contribution in [2.24, 2.45) is 0 Å². The van der Waals surface area contributed by atoms with Gasteiger partial charge in [-0.2, -0.15) is 0 Å². The van der Waals surface area contributed by atoms with E-state index in [2.05, 4.69) is 63.2 Å². The van der Waals surface area contributed by atoms with Crippen molar-refractivity contribution < 1.29 is 4.74 Å². The zero-order chi connectivity index (χ0) is 19.5. The average molecular weight is 393 g/mol. The number of nitrogens with one attached hydrogen (secondary N) is 1. The molecule has 0 bridgehead atoms. The van der Waals surface area contributed by atoms with E-state index in [-0.39, 0.29) is 12.1 Å². The number of ether oxygens (including phenoxy) is 1. The van der Waals surface area contributed by atoms with Crippen molar-refractivity contribution in [3.05, 3.63) is 78.4 Å². The molecule has 0 radical (unpaired) electrons. The molecule has 1 aliphatic rings. The number of aromatic nitrogens is 2. The molecule has 2 aromatic heterocycles. The molecule has 0 unspecified atom stereocenters. The molecule has 6 heteroatoms. The molecule has 3 heterocycles. The highest BCUT2D eigenvalue weighted by atomic mass is 32.1. The fourth-order valence-electron chi connectivity index (χ4n) is 3.82. The molecular formula is C22H24N4OS. The summed E-state index contributed by atoms with van der Waals surface area (Å²) >= 11 is 5.69. The largest absolute Gasteiger partial charge is 0.497 e. The maximum absolute atomic E-state index is 5.69. The van der Waals surface area contributed by atoms with Gasteiger partial charge in [-0.25, -0.2) is 0 Å². The van der Waals surface area contributed by atoms with Gasteiger partial charge in [-0.15, -0.1) is 0 Å². The standard InChI is InChI=1S/C22H24N4OS/c1-3-14-26-21(20(24-22(26)28)18-7-4-5-13-23-18)19-8-6-15-25(19)16-9-11-17(27-2)12-10-16/h4-13,15,20-21H,3,14H2,1-2H3,(H,24,28)/t20-,21+/m1/s1. The number of methoxy groups -OCH3 is 1. The number of nitrogens with zero attached hydrogens (tertiary/aromatic N) is 3. The molecule has 5 nitrogen and oxygen atoms in total. The summed E-state index contributed by atoms with van der Waals surface area (Å²) in [6, 6.07) is 18.5. The van der Waals surface area contributed by atoms with Crippen molar-refractivity contribution in [2.75, 3.05) is 13.7 Å².